The van der Waals surface area contributed by atoms with Crippen molar-refractivity contribution in [3.8, 4) is 0 Å². The Kier molecular flexibility index (Phi) is 3.59. The number of carbonyl (C=O) groups excluding carboxylic acids is 1. The lowest BCUT2D eigenvalue weighted by Crippen LogP contribution is -2.36. The number of benzene rings is 1. The molecule has 2 nitrogen and oxygen atoms in total. The lowest BCUT2D eigenvalue weighted by Gasteiger charge is -2.44. The van der Waals surface area contributed by atoms with Gasteiger partial charge in [-0.1, -0.05) is 51.1 Å². The van der Waals surface area contributed by atoms with E-state index >= 15 is 0 Å². The zero-order valence-corrected chi connectivity index (χ0v) is 13.5. The largest absolute Gasteiger partial charge is 0.349 e. The molecule has 1 heterocycles. The Hall–Kier alpha value is -1.31. The van der Waals surface area contributed by atoms with E-state index in [1.54, 1.807) is 0 Å². The highest BCUT2D eigenvalue weighted by Crippen LogP contribution is 2.55. The molecule has 1 aliphatic carbocycles. The molecule has 1 unspecified atom stereocenters. The van der Waals surface area contributed by atoms with E-state index in [2.05, 4.69) is 50.4 Å². The topological polar surface area (TPSA) is 29.1 Å². The van der Waals surface area contributed by atoms with Gasteiger partial charge >= 0.3 is 0 Å². The van der Waals surface area contributed by atoms with Crippen molar-refractivity contribution in [1.82, 2.24) is 5.32 Å². The van der Waals surface area contributed by atoms with Gasteiger partial charge in [-0.05, 0) is 42.6 Å². The van der Waals surface area contributed by atoms with Crippen molar-refractivity contribution in [1.29, 1.82) is 0 Å². The van der Waals surface area contributed by atoms with Crippen LogP contribution >= 0.6 is 0 Å². The molecule has 1 saturated heterocycles. The van der Waals surface area contributed by atoms with Crippen molar-refractivity contribution >= 4 is 5.91 Å². The second-order valence-electron chi connectivity index (χ2n) is 8.09. The molecule has 2 heteroatoms. The third-order valence-electron chi connectivity index (χ3n) is 5.77. The Labute approximate surface area is 128 Å². The Morgan fingerprint density at radius 1 is 1.10 bits per heavy atom. The van der Waals surface area contributed by atoms with Crippen molar-refractivity contribution in [2.45, 2.75) is 58.9 Å². The van der Waals surface area contributed by atoms with Crippen LogP contribution in [0.25, 0.3) is 0 Å². The minimum Gasteiger partial charge on any atom is -0.349 e. The number of nitrogens with one attached hydrogen (secondary N) is 1. The summed E-state index contributed by atoms with van der Waals surface area (Å²) in [7, 11) is 0. The molecule has 0 radical (unpaired) electrons. The number of rotatable bonds is 1. The number of hydrogen-bond donors (Lipinski definition) is 1. The molecule has 2 fully saturated rings. The second-order valence-corrected chi connectivity index (χ2v) is 8.09. The standard InChI is InChI=1S/C19H27NO/c1-18(2,3)15-9-11-19(12-10-15)13-16(21)20-17(19)14-7-5-4-6-8-14/h4-8,15,17H,9-13H2,1-3H3,(H,20,21). The molecule has 1 atom stereocenters. The minimum atomic E-state index is 0.153. The quantitative estimate of drug-likeness (QED) is 0.810. The van der Waals surface area contributed by atoms with Gasteiger partial charge in [-0.2, -0.15) is 0 Å². The molecule has 1 amide bonds. The normalized spacial score (nSPS) is 33.2. The summed E-state index contributed by atoms with van der Waals surface area (Å²) in [6.07, 6.45) is 5.56. The fourth-order valence-electron chi connectivity index (χ4n) is 4.39. The van der Waals surface area contributed by atoms with E-state index in [0.29, 0.717) is 11.8 Å². The van der Waals surface area contributed by atoms with Crippen molar-refractivity contribution in [2.24, 2.45) is 16.7 Å². The van der Waals surface area contributed by atoms with Crippen molar-refractivity contribution < 1.29 is 4.79 Å². The third-order valence-corrected chi connectivity index (χ3v) is 5.77. The van der Waals surface area contributed by atoms with Gasteiger partial charge in [0.2, 0.25) is 5.91 Å². The molecular formula is C19H27NO. The monoisotopic (exact) mass is 285 g/mol. The molecule has 0 aromatic heterocycles. The maximum Gasteiger partial charge on any atom is 0.221 e. The summed E-state index contributed by atoms with van der Waals surface area (Å²) in [6, 6.07) is 10.7. The number of carbonyl (C=O) groups is 1. The molecule has 3 rings (SSSR count). The molecule has 1 aliphatic heterocycles. The SMILES string of the molecule is CC(C)(C)C1CCC2(CC1)CC(=O)NC2c1ccccc1. The summed E-state index contributed by atoms with van der Waals surface area (Å²) < 4.78 is 0. The first kappa shape index (κ1) is 14.6. The van der Waals surface area contributed by atoms with Crippen LogP contribution in [-0.4, -0.2) is 5.91 Å². The van der Waals surface area contributed by atoms with Gasteiger partial charge in [0.15, 0.2) is 0 Å². The van der Waals surface area contributed by atoms with Crippen LogP contribution in [0.15, 0.2) is 30.3 Å². The summed E-state index contributed by atoms with van der Waals surface area (Å²) in [6.45, 7) is 7.05. The average Bonchev–Trinajstić information content (AvgIpc) is 2.76. The van der Waals surface area contributed by atoms with E-state index in [4.69, 9.17) is 0 Å². The van der Waals surface area contributed by atoms with E-state index < -0.39 is 0 Å². The molecule has 1 aromatic carbocycles. The van der Waals surface area contributed by atoms with Gasteiger partial charge in [0.1, 0.15) is 0 Å². The van der Waals surface area contributed by atoms with E-state index in [-0.39, 0.29) is 17.4 Å². The van der Waals surface area contributed by atoms with Crippen LogP contribution in [0.1, 0.15) is 64.5 Å². The zero-order chi connectivity index (χ0) is 15.1. The Morgan fingerprint density at radius 3 is 2.29 bits per heavy atom. The van der Waals surface area contributed by atoms with E-state index in [0.717, 1.165) is 5.92 Å². The highest BCUT2D eigenvalue weighted by atomic mass is 16.2. The summed E-state index contributed by atoms with van der Waals surface area (Å²) in [4.78, 5) is 12.1. The Balaban J connectivity index is 1.82. The summed E-state index contributed by atoms with van der Waals surface area (Å²) >= 11 is 0. The van der Waals surface area contributed by atoms with Gasteiger partial charge in [0.25, 0.3) is 0 Å². The molecule has 21 heavy (non-hydrogen) atoms. The lowest BCUT2D eigenvalue weighted by atomic mass is 9.61. The Bertz CT molecular complexity index is 506. The predicted octanol–water partition coefficient (Wildman–Crippen LogP) is 4.47. The molecule has 1 N–H and O–H groups in total. The first-order chi connectivity index (χ1) is 9.91. The highest BCUT2D eigenvalue weighted by Gasteiger charge is 2.49. The lowest BCUT2D eigenvalue weighted by molar-refractivity contribution is -0.120. The maximum atomic E-state index is 12.1. The summed E-state index contributed by atoms with van der Waals surface area (Å²) in [5.74, 6) is 1.02. The Morgan fingerprint density at radius 2 is 1.71 bits per heavy atom. The first-order valence-electron chi connectivity index (χ1n) is 8.25. The van der Waals surface area contributed by atoms with Crippen LogP contribution in [-0.2, 0) is 4.79 Å². The summed E-state index contributed by atoms with van der Waals surface area (Å²) in [5.41, 5.74) is 1.82. The average molecular weight is 285 g/mol. The van der Waals surface area contributed by atoms with Crippen LogP contribution in [0.5, 0.6) is 0 Å². The van der Waals surface area contributed by atoms with Crippen molar-refractivity contribution in [3.05, 3.63) is 35.9 Å². The molecular weight excluding hydrogens is 258 g/mol. The molecule has 114 valence electrons. The third kappa shape index (κ3) is 2.73. The molecule has 2 aliphatic rings. The van der Waals surface area contributed by atoms with E-state index in [1.165, 1.54) is 31.2 Å². The van der Waals surface area contributed by atoms with Gasteiger partial charge in [-0.15, -0.1) is 0 Å². The van der Waals surface area contributed by atoms with Gasteiger partial charge in [0, 0.05) is 11.8 Å². The fraction of sp³-hybridized carbons (Fsp3) is 0.632. The molecule has 1 spiro atoms. The van der Waals surface area contributed by atoms with E-state index in [1.807, 2.05) is 6.07 Å². The molecule has 0 bridgehead atoms. The zero-order valence-electron chi connectivity index (χ0n) is 13.5. The number of amides is 1. The van der Waals surface area contributed by atoms with Crippen molar-refractivity contribution in [3.63, 3.8) is 0 Å². The smallest absolute Gasteiger partial charge is 0.221 e. The number of hydrogen-bond acceptors (Lipinski definition) is 1. The van der Waals surface area contributed by atoms with Crippen LogP contribution in [0, 0.1) is 16.7 Å². The second kappa shape index (κ2) is 5.15. The first-order valence-corrected chi connectivity index (χ1v) is 8.25. The fourth-order valence-corrected chi connectivity index (χ4v) is 4.39. The van der Waals surface area contributed by atoms with Crippen LogP contribution in [0.3, 0.4) is 0 Å². The summed E-state index contributed by atoms with van der Waals surface area (Å²) in [5, 5.41) is 3.25. The molecule has 1 saturated carbocycles. The van der Waals surface area contributed by atoms with Gasteiger partial charge < -0.3 is 5.32 Å². The van der Waals surface area contributed by atoms with Gasteiger partial charge in [-0.25, -0.2) is 0 Å². The molecule has 1 aromatic rings. The van der Waals surface area contributed by atoms with Gasteiger partial charge in [0.05, 0.1) is 6.04 Å². The van der Waals surface area contributed by atoms with Crippen LogP contribution < -0.4 is 5.32 Å². The maximum absolute atomic E-state index is 12.1. The van der Waals surface area contributed by atoms with Gasteiger partial charge in [-0.3, -0.25) is 4.79 Å². The van der Waals surface area contributed by atoms with Crippen LogP contribution in [0.4, 0.5) is 0 Å². The van der Waals surface area contributed by atoms with E-state index in [9.17, 15) is 4.79 Å². The van der Waals surface area contributed by atoms with Crippen LogP contribution in [0.2, 0.25) is 0 Å². The van der Waals surface area contributed by atoms with Crippen molar-refractivity contribution in [2.75, 3.05) is 0 Å². The highest BCUT2D eigenvalue weighted by molar-refractivity contribution is 5.80. The minimum absolute atomic E-state index is 0.153. The predicted molar refractivity (Wildman–Crippen MR) is 85.8 cm³/mol.